The zero-order chi connectivity index (χ0) is 17.3. The Hall–Kier alpha value is -1.99. The number of halogens is 1. The molecule has 0 fully saturated rings. The molecule has 0 bridgehead atoms. The van der Waals surface area contributed by atoms with Crippen molar-refractivity contribution >= 4 is 39.9 Å². The third-order valence-corrected chi connectivity index (χ3v) is 5.50. The zero-order valence-electron chi connectivity index (χ0n) is 13.2. The number of nitrogen functional groups attached to an aromatic ring is 1. The second-order valence-corrected chi connectivity index (χ2v) is 7.36. The van der Waals surface area contributed by atoms with E-state index in [1.165, 1.54) is 4.90 Å². The summed E-state index contributed by atoms with van der Waals surface area (Å²) >= 11 is 6.19. The van der Waals surface area contributed by atoms with Crippen LogP contribution in [0.5, 0.6) is 0 Å². The molecule has 3 rings (SSSR count). The Morgan fingerprint density at radius 1 is 1.33 bits per heavy atom. The number of nitrogens with two attached hydrogens (primary N) is 1. The number of hydrogen-bond acceptors (Lipinski definition) is 5. The fourth-order valence-electron chi connectivity index (χ4n) is 2.56. The molecule has 1 aromatic carbocycles. The molecule has 1 unspecified atom stereocenters. The van der Waals surface area contributed by atoms with Gasteiger partial charge in [0, 0.05) is 16.3 Å². The summed E-state index contributed by atoms with van der Waals surface area (Å²) in [4.78, 5) is 22.4. The number of amides is 1. The van der Waals surface area contributed by atoms with Crippen LogP contribution in [0.2, 0.25) is 5.02 Å². The predicted molar refractivity (Wildman–Crippen MR) is 94.4 cm³/mol. The Labute approximate surface area is 147 Å². The van der Waals surface area contributed by atoms with Crippen LogP contribution >= 0.6 is 11.6 Å². The van der Waals surface area contributed by atoms with Gasteiger partial charge in [0.25, 0.3) is 0 Å². The highest BCUT2D eigenvalue weighted by atomic mass is 35.5. The maximum Gasteiger partial charge on any atom is 0.233 e. The Morgan fingerprint density at radius 2 is 2.08 bits per heavy atom. The summed E-state index contributed by atoms with van der Waals surface area (Å²) in [6.07, 6.45) is 0.890. The lowest BCUT2D eigenvalue weighted by molar-refractivity contribution is -0.117. The third kappa shape index (κ3) is 3.14. The first kappa shape index (κ1) is 16.9. The molecule has 126 valence electrons. The van der Waals surface area contributed by atoms with Crippen molar-refractivity contribution < 1.29 is 9.00 Å². The highest BCUT2D eigenvalue weighted by molar-refractivity contribution is 7.84. The van der Waals surface area contributed by atoms with E-state index in [-0.39, 0.29) is 23.3 Å². The van der Waals surface area contributed by atoms with Crippen LogP contribution in [0.15, 0.2) is 29.4 Å². The molecule has 1 aliphatic heterocycles. The number of rotatable bonds is 5. The monoisotopic (exact) mass is 364 g/mol. The molecule has 2 aromatic rings. The number of anilines is 2. The molecule has 2 N–H and O–H groups in total. The minimum atomic E-state index is -1.33. The van der Waals surface area contributed by atoms with Gasteiger partial charge in [0.1, 0.15) is 11.6 Å². The number of nitrogens with zero attached hydrogens (tertiary/aromatic N) is 3. The molecule has 1 amide bonds. The molecule has 0 spiro atoms. The summed E-state index contributed by atoms with van der Waals surface area (Å²) in [5.41, 5.74) is 7.36. The topological polar surface area (TPSA) is 89.2 Å². The number of aromatic nitrogens is 2. The first-order valence-corrected chi connectivity index (χ1v) is 9.29. The van der Waals surface area contributed by atoms with E-state index in [1.807, 2.05) is 25.1 Å². The van der Waals surface area contributed by atoms with E-state index in [0.717, 1.165) is 12.0 Å². The second kappa shape index (κ2) is 6.86. The summed E-state index contributed by atoms with van der Waals surface area (Å²) in [5.74, 6) is 0.988. The Kier molecular flexibility index (Phi) is 4.82. The molecular formula is C16H17ClN4O2S. The van der Waals surface area contributed by atoms with E-state index in [2.05, 4.69) is 9.97 Å². The lowest BCUT2D eigenvalue weighted by Crippen LogP contribution is -2.27. The van der Waals surface area contributed by atoms with Crippen molar-refractivity contribution in [3.63, 3.8) is 0 Å². The van der Waals surface area contributed by atoms with Crippen molar-refractivity contribution in [1.29, 1.82) is 0 Å². The van der Waals surface area contributed by atoms with Crippen LogP contribution < -0.4 is 10.6 Å². The van der Waals surface area contributed by atoms with Crippen LogP contribution in [-0.2, 0) is 28.6 Å². The van der Waals surface area contributed by atoms with E-state index in [0.29, 0.717) is 28.7 Å². The van der Waals surface area contributed by atoms with Gasteiger partial charge in [-0.3, -0.25) is 13.9 Å². The Bertz CT molecular complexity index is 828. The first-order chi connectivity index (χ1) is 11.5. The maximum absolute atomic E-state index is 12.4. The molecule has 0 saturated carbocycles. The minimum Gasteiger partial charge on any atom is -0.383 e. The highest BCUT2D eigenvalue weighted by Gasteiger charge is 2.32. The van der Waals surface area contributed by atoms with Gasteiger partial charge in [0.2, 0.25) is 11.1 Å². The van der Waals surface area contributed by atoms with Crippen LogP contribution in [0.1, 0.15) is 24.5 Å². The molecule has 1 aromatic heterocycles. The number of hydrogen-bond donors (Lipinski definition) is 1. The number of fused-ring (bicyclic) bond motifs is 1. The van der Waals surface area contributed by atoms with Gasteiger partial charge in [0.15, 0.2) is 0 Å². The maximum atomic E-state index is 12.4. The number of carbonyl (C=O) groups excluding carboxylic acids is 1. The lowest BCUT2D eigenvalue weighted by Gasteiger charge is -2.18. The second-order valence-electron chi connectivity index (χ2n) is 5.49. The van der Waals surface area contributed by atoms with Crippen molar-refractivity contribution in [2.24, 2.45) is 0 Å². The molecule has 6 nitrogen and oxygen atoms in total. The average Bonchev–Trinajstić information content (AvgIpc) is 2.87. The molecule has 0 aliphatic carbocycles. The fraction of sp³-hybridized carbons (Fsp3) is 0.312. The van der Waals surface area contributed by atoms with Gasteiger partial charge in [0.05, 0.1) is 23.8 Å². The Morgan fingerprint density at radius 3 is 2.79 bits per heavy atom. The van der Waals surface area contributed by atoms with Crippen LogP contribution in [0.4, 0.5) is 11.6 Å². The van der Waals surface area contributed by atoms with E-state index in [9.17, 15) is 9.00 Å². The van der Waals surface area contributed by atoms with Gasteiger partial charge in [-0.1, -0.05) is 36.7 Å². The first-order valence-electron chi connectivity index (χ1n) is 7.59. The molecule has 0 radical (unpaired) electrons. The van der Waals surface area contributed by atoms with Gasteiger partial charge >= 0.3 is 0 Å². The summed E-state index contributed by atoms with van der Waals surface area (Å²) in [6, 6.07) is 7.32. The molecule has 2 heterocycles. The van der Waals surface area contributed by atoms with Crippen molar-refractivity contribution in [2.75, 3.05) is 16.4 Å². The summed E-state index contributed by atoms with van der Waals surface area (Å²) in [7, 11) is -1.33. The zero-order valence-corrected chi connectivity index (χ0v) is 14.7. The van der Waals surface area contributed by atoms with Gasteiger partial charge in [-0.05, 0) is 18.1 Å². The largest absolute Gasteiger partial charge is 0.383 e. The van der Waals surface area contributed by atoms with E-state index in [4.69, 9.17) is 17.3 Å². The van der Waals surface area contributed by atoms with E-state index >= 15 is 0 Å². The van der Waals surface area contributed by atoms with Gasteiger partial charge in [-0.15, -0.1) is 0 Å². The van der Waals surface area contributed by atoms with Gasteiger partial charge < -0.3 is 5.73 Å². The van der Waals surface area contributed by atoms with Crippen molar-refractivity contribution in [2.45, 2.75) is 31.5 Å². The fourth-order valence-corrected chi connectivity index (χ4v) is 3.70. The number of carbonyl (C=O) groups is 1. The summed E-state index contributed by atoms with van der Waals surface area (Å²) in [5, 5.41) is 0.752. The van der Waals surface area contributed by atoms with Crippen molar-refractivity contribution in [1.82, 2.24) is 9.97 Å². The third-order valence-electron chi connectivity index (χ3n) is 3.76. The molecular weight excluding hydrogens is 348 g/mol. The molecule has 24 heavy (non-hydrogen) atoms. The molecule has 1 atom stereocenters. The number of benzene rings is 1. The van der Waals surface area contributed by atoms with Crippen LogP contribution in [-0.4, -0.2) is 25.8 Å². The van der Waals surface area contributed by atoms with Crippen LogP contribution in [0.25, 0.3) is 0 Å². The molecule has 8 heteroatoms. The smallest absolute Gasteiger partial charge is 0.233 e. The van der Waals surface area contributed by atoms with Crippen LogP contribution in [0.3, 0.4) is 0 Å². The van der Waals surface area contributed by atoms with E-state index < -0.39 is 10.8 Å². The molecule has 1 aliphatic rings. The van der Waals surface area contributed by atoms with Gasteiger partial charge in [-0.25, -0.2) is 9.97 Å². The summed E-state index contributed by atoms with van der Waals surface area (Å²) < 4.78 is 12.2. The Balaban J connectivity index is 1.99. The van der Waals surface area contributed by atoms with Crippen molar-refractivity contribution in [3.05, 3.63) is 40.4 Å². The SMILES string of the molecule is CCCS(=O)c1nc(N)c2c(n1)N(Cc1ccccc1Cl)C(=O)C2. The van der Waals surface area contributed by atoms with Crippen LogP contribution in [0, 0.1) is 0 Å². The average molecular weight is 365 g/mol. The van der Waals surface area contributed by atoms with Gasteiger partial charge in [-0.2, -0.15) is 0 Å². The molecule has 0 saturated heterocycles. The van der Waals surface area contributed by atoms with Crippen molar-refractivity contribution in [3.8, 4) is 0 Å². The van der Waals surface area contributed by atoms with E-state index in [1.54, 1.807) is 6.07 Å². The summed E-state index contributed by atoms with van der Waals surface area (Å²) in [6.45, 7) is 2.23. The standard InChI is InChI=1S/C16H17ClN4O2S/c1-2-7-24(23)16-19-14(18)11-8-13(22)21(15(11)20-16)9-10-5-3-4-6-12(10)17/h3-6H,2,7-9H2,1H3,(H2,18,19,20). The lowest BCUT2D eigenvalue weighted by atomic mass is 10.2. The quantitative estimate of drug-likeness (QED) is 0.822. The predicted octanol–water partition coefficient (Wildman–Crippen LogP) is 2.32. The minimum absolute atomic E-state index is 0.121. The normalized spacial score (nSPS) is 14.8. The highest BCUT2D eigenvalue weighted by Crippen LogP contribution is 2.33.